The largest absolute Gasteiger partial charge is 0.467 e. The smallest absolute Gasteiger partial charge is 0.225 e. The van der Waals surface area contributed by atoms with Crippen LogP contribution in [-0.4, -0.2) is 29.0 Å². The summed E-state index contributed by atoms with van der Waals surface area (Å²) < 4.78 is 5.22. The molecule has 22 heavy (non-hydrogen) atoms. The van der Waals surface area contributed by atoms with Crippen LogP contribution in [0.15, 0.2) is 35.1 Å². The van der Waals surface area contributed by atoms with Crippen LogP contribution in [0.1, 0.15) is 24.3 Å². The highest BCUT2D eigenvalue weighted by atomic mass is 16.3. The minimum absolute atomic E-state index is 0.0519. The number of anilines is 1. The van der Waals surface area contributed by atoms with Crippen LogP contribution in [0, 0.1) is 12.8 Å². The predicted octanol–water partition coefficient (Wildman–Crippen LogP) is 1.91. The molecule has 2 aromatic rings. The van der Waals surface area contributed by atoms with Gasteiger partial charge < -0.3 is 14.6 Å². The maximum absolute atomic E-state index is 12.2. The Bertz CT molecular complexity index is 619. The maximum atomic E-state index is 12.2. The standard InChI is InChI=1S/C16H20N4O2/c1-12-4-7-17-16(19-12)20-8-5-13(6-9-20)15(21)18-11-14-3-2-10-22-14/h2-4,7,10,13H,5-6,8-9,11H2,1H3,(H,18,21). The molecule has 1 amide bonds. The lowest BCUT2D eigenvalue weighted by molar-refractivity contribution is -0.125. The van der Waals surface area contributed by atoms with Gasteiger partial charge in [-0.05, 0) is 38.0 Å². The fourth-order valence-electron chi connectivity index (χ4n) is 2.66. The van der Waals surface area contributed by atoms with E-state index in [-0.39, 0.29) is 11.8 Å². The first-order valence-electron chi connectivity index (χ1n) is 7.57. The molecule has 6 nitrogen and oxygen atoms in total. The van der Waals surface area contributed by atoms with Crippen LogP contribution in [-0.2, 0) is 11.3 Å². The van der Waals surface area contributed by atoms with E-state index in [1.54, 1.807) is 12.5 Å². The summed E-state index contributed by atoms with van der Waals surface area (Å²) in [6, 6.07) is 5.57. The van der Waals surface area contributed by atoms with E-state index in [9.17, 15) is 4.79 Å². The van der Waals surface area contributed by atoms with E-state index in [0.29, 0.717) is 6.54 Å². The van der Waals surface area contributed by atoms with Gasteiger partial charge in [0.25, 0.3) is 0 Å². The molecule has 0 aromatic carbocycles. The Balaban J connectivity index is 1.49. The van der Waals surface area contributed by atoms with Crippen molar-refractivity contribution in [3.63, 3.8) is 0 Å². The highest BCUT2D eigenvalue weighted by molar-refractivity contribution is 5.78. The van der Waals surface area contributed by atoms with Gasteiger partial charge in [0.05, 0.1) is 12.8 Å². The number of aryl methyl sites for hydroxylation is 1. The molecule has 0 bridgehead atoms. The molecule has 0 radical (unpaired) electrons. The van der Waals surface area contributed by atoms with Crippen LogP contribution in [0.4, 0.5) is 5.95 Å². The lowest BCUT2D eigenvalue weighted by Crippen LogP contribution is -2.41. The second-order valence-corrected chi connectivity index (χ2v) is 5.56. The van der Waals surface area contributed by atoms with Gasteiger partial charge in [-0.25, -0.2) is 9.97 Å². The van der Waals surface area contributed by atoms with Crippen molar-refractivity contribution in [1.29, 1.82) is 0 Å². The van der Waals surface area contributed by atoms with Gasteiger partial charge in [0.15, 0.2) is 0 Å². The van der Waals surface area contributed by atoms with E-state index in [1.807, 2.05) is 25.1 Å². The Hall–Kier alpha value is -2.37. The fraction of sp³-hybridized carbons (Fsp3) is 0.438. The van der Waals surface area contributed by atoms with Crippen LogP contribution >= 0.6 is 0 Å². The van der Waals surface area contributed by atoms with E-state index in [2.05, 4.69) is 20.2 Å². The quantitative estimate of drug-likeness (QED) is 0.934. The summed E-state index contributed by atoms with van der Waals surface area (Å²) in [6.45, 7) is 4.03. The second kappa shape index (κ2) is 6.60. The van der Waals surface area contributed by atoms with Crippen molar-refractivity contribution >= 4 is 11.9 Å². The summed E-state index contributed by atoms with van der Waals surface area (Å²) in [5, 5.41) is 2.94. The number of piperidine rings is 1. The third kappa shape index (κ3) is 3.44. The Morgan fingerprint density at radius 1 is 1.41 bits per heavy atom. The number of nitrogens with one attached hydrogen (secondary N) is 1. The van der Waals surface area contributed by atoms with Crippen LogP contribution in [0.3, 0.4) is 0 Å². The number of rotatable bonds is 4. The van der Waals surface area contributed by atoms with Gasteiger partial charge in [-0.15, -0.1) is 0 Å². The van der Waals surface area contributed by atoms with Gasteiger partial charge in [-0.2, -0.15) is 0 Å². The average molecular weight is 300 g/mol. The first-order valence-corrected chi connectivity index (χ1v) is 7.57. The summed E-state index contributed by atoms with van der Waals surface area (Å²) in [4.78, 5) is 23.1. The van der Waals surface area contributed by atoms with E-state index in [0.717, 1.165) is 43.3 Å². The third-order valence-electron chi connectivity index (χ3n) is 3.95. The number of carbonyl (C=O) groups is 1. The molecular weight excluding hydrogens is 280 g/mol. The normalized spacial score (nSPS) is 15.8. The molecule has 0 aliphatic carbocycles. The minimum atomic E-state index is 0.0519. The summed E-state index contributed by atoms with van der Waals surface area (Å²) in [5.74, 6) is 1.69. The highest BCUT2D eigenvalue weighted by Crippen LogP contribution is 2.20. The lowest BCUT2D eigenvalue weighted by atomic mass is 9.96. The SMILES string of the molecule is Cc1ccnc(N2CCC(C(=O)NCc3ccco3)CC2)n1. The van der Waals surface area contributed by atoms with Crippen LogP contribution < -0.4 is 10.2 Å². The van der Waals surface area contributed by atoms with Crippen molar-refractivity contribution in [3.8, 4) is 0 Å². The Labute approximate surface area is 129 Å². The third-order valence-corrected chi connectivity index (χ3v) is 3.95. The molecule has 0 unspecified atom stereocenters. The first-order chi connectivity index (χ1) is 10.7. The summed E-state index contributed by atoms with van der Waals surface area (Å²) in [7, 11) is 0. The second-order valence-electron chi connectivity index (χ2n) is 5.56. The van der Waals surface area contributed by atoms with Crippen molar-refractivity contribution in [2.45, 2.75) is 26.3 Å². The first kappa shape index (κ1) is 14.6. The number of carbonyl (C=O) groups excluding carboxylic acids is 1. The topological polar surface area (TPSA) is 71.3 Å². The summed E-state index contributed by atoms with van der Waals surface area (Å²) in [6.07, 6.45) is 5.03. The average Bonchev–Trinajstić information content (AvgIpc) is 3.06. The van der Waals surface area contributed by atoms with Crippen molar-refractivity contribution in [3.05, 3.63) is 42.1 Å². The molecule has 1 saturated heterocycles. The van der Waals surface area contributed by atoms with Crippen LogP contribution in [0.2, 0.25) is 0 Å². The van der Waals surface area contributed by atoms with Gasteiger partial charge in [0.1, 0.15) is 5.76 Å². The monoisotopic (exact) mass is 300 g/mol. The molecular formula is C16H20N4O2. The summed E-state index contributed by atoms with van der Waals surface area (Å²) in [5.41, 5.74) is 0.961. The Morgan fingerprint density at radius 3 is 2.91 bits per heavy atom. The lowest BCUT2D eigenvalue weighted by Gasteiger charge is -2.31. The van der Waals surface area contributed by atoms with E-state index in [1.165, 1.54) is 0 Å². The molecule has 0 atom stereocenters. The fourth-order valence-corrected chi connectivity index (χ4v) is 2.66. The zero-order valence-electron chi connectivity index (χ0n) is 12.7. The number of hydrogen-bond donors (Lipinski definition) is 1. The van der Waals surface area contributed by atoms with Gasteiger partial charge in [-0.1, -0.05) is 0 Å². The van der Waals surface area contributed by atoms with Crippen molar-refractivity contribution in [2.75, 3.05) is 18.0 Å². The molecule has 1 aliphatic heterocycles. The van der Waals surface area contributed by atoms with E-state index < -0.39 is 0 Å². The van der Waals surface area contributed by atoms with Gasteiger partial charge in [0.2, 0.25) is 11.9 Å². The van der Waals surface area contributed by atoms with Crippen molar-refractivity contribution < 1.29 is 9.21 Å². The molecule has 2 aromatic heterocycles. The molecule has 1 N–H and O–H groups in total. The molecule has 3 heterocycles. The Kier molecular flexibility index (Phi) is 4.37. The van der Waals surface area contributed by atoms with Gasteiger partial charge in [-0.3, -0.25) is 4.79 Å². The van der Waals surface area contributed by atoms with Crippen molar-refractivity contribution in [1.82, 2.24) is 15.3 Å². The van der Waals surface area contributed by atoms with E-state index >= 15 is 0 Å². The predicted molar refractivity (Wildman–Crippen MR) is 82.3 cm³/mol. The molecule has 0 saturated carbocycles. The number of aromatic nitrogens is 2. The number of hydrogen-bond acceptors (Lipinski definition) is 5. The van der Waals surface area contributed by atoms with Gasteiger partial charge in [0, 0.05) is 30.9 Å². The molecule has 6 heteroatoms. The number of furan rings is 1. The zero-order valence-corrected chi connectivity index (χ0v) is 12.7. The summed E-state index contributed by atoms with van der Waals surface area (Å²) >= 11 is 0. The molecule has 1 aliphatic rings. The highest BCUT2D eigenvalue weighted by Gasteiger charge is 2.26. The molecule has 0 spiro atoms. The van der Waals surface area contributed by atoms with Crippen molar-refractivity contribution in [2.24, 2.45) is 5.92 Å². The Morgan fingerprint density at radius 2 is 2.23 bits per heavy atom. The van der Waals surface area contributed by atoms with E-state index in [4.69, 9.17) is 4.42 Å². The van der Waals surface area contributed by atoms with Gasteiger partial charge >= 0.3 is 0 Å². The molecule has 116 valence electrons. The number of amides is 1. The maximum Gasteiger partial charge on any atom is 0.225 e. The molecule has 1 fully saturated rings. The zero-order chi connectivity index (χ0) is 15.4. The number of nitrogens with zero attached hydrogens (tertiary/aromatic N) is 3. The van der Waals surface area contributed by atoms with Crippen LogP contribution in [0.5, 0.6) is 0 Å². The van der Waals surface area contributed by atoms with Crippen LogP contribution in [0.25, 0.3) is 0 Å². The molecule has 3 rings (SSSR count). The minimum Gasteiger partial charge on any atom is -0.467 e.